The Kier molecular flexibility index (Phi) is 14.0. The fourth-order valence-corrected chi connectivity index (χ4v) is 7.98. The molecule has 2 amide bonds. The van der Waals surface area contributed by atoms with Crippen LogP contribution >= 0.6 is 0 Å². The zero-order valence-corrected chi connectivity index (χ0v) is 37.0. The van der Waals surface area contributed by atoms with Gasteiger partial charge < -0.3 is 62.7 Å². The molecule has 0 radical (unpaired) electrons. The molecule has 0 bridgehead atoms. The summed E-state index contributed by atoms with van der Waals surface area (Å²) < 4.78 is 69.0. The Bertz CT molecular complexity index is 2230. The second-order valence-electron chi connectivity index (χ2n) is 17.6. The molecule has 3 aromatic rings. The van der Waals surface area contributed by atoms with E-state index >= 15 is 0 Å². The smallest absolute Gasteiger partial charge is 0.408 e. The third-order valence-electron chi connectivity index (χ3n) is 10.6. The molecule has 0 aliphatic carbocycles. The molecule has 1 unspecified atom stereocenters. The first kappa shape index (κ1) is 46.8. The molecule has 20 heteroatoms. The van der Waals surface area contributed by atoms with Gasteiger partial charge in [-0.25, -0.2) is 23.7 Å². The van der Waals surface area contributed by atoms with Crippen LogP contribution in [0.25, 0.3) is 0 Å². The van der Waals surface area contributed by atoms with Crippen LogP contribution in [0, 0.1) is 0 Å². The van der Waals surface area contributed by atoms with E-state index in [1.807, 2.05) is 36.4 Å². The van der Waals surface area contributed by atoms with Gasteiger partial charge in [-0.3, -0.25) is 9.36 Å². The zero-order valence-electron chi connectivity index (χ0n) is 37.0. The summed E-state index contributed by atoms with van der Waals surface area (Å²) >= 11 is 0. The van der Waals surface area contributed by atoms with E-state index in [1.54, 1.807) is 72.7 Å². The molecular formula is C44H56N4O16. The summed E-state index contributed by atoms with van der Waals surface area (Å²) in [5.41, 5.74) is -0.673. The maximum atomic E-state index is 14.2. The van der Waals surface area contributed by atoms with Crippen LogP contribution in [0.15, 0.2) is 82.5 Å². The molecule has 2 aromatic carbocycles. The molecular weight excluding hydrogens is 840 g/mol. The molecule has 4 saturated heterocycles. The molecule has 4 fully saturated rings. The van der Waals surface area contributed by atoms with Gasteiger partial charge in [0.1, 0.15) is 61.7 Å². The second kappa shape index (κ2) is 19.1. The summed E-state index contributed by atoms with van der Waals surface area (Å²) in [6, 6.07) is 17.6. The van der Waals surface area contributed by atoms with Crippen LogP contribution in [0.5, 0.6) is 0 Å². The molecule has 2 N–H and O–H groups in total. The lowest BCUT2D eigenvalue weighted by molar-refractivity contribution is -0.268. The van der Waals surface area contributed by atoms with Crippen LogP contribution in [0.1, 0.15) is 65.8 Å². The van der Waals surface area contributed by atoms with E-state index in [1.165, 1.54) is 16.8 Å². The molecule has 20 nitrogen and oxygen atoms in total. The van der Waals surface area contributed by atoms with Gasteiger partial charge in [0.05, 0.1) is 13.7 Å². The van der Waals surface area contributed by atoms with E-state index in [0.29, 0.717) is 5.56 Å². The Hall–Kier alpha value is -5.19. The fraction of sp³-hybridized carbons (Fsp3) is 0.568. The third kappa shape index (κ3) is 11.0. The summed E-state index contributed by atoms with van der Waals surface area (Å²) in [5, 5.41) is 5.29. The largest absolute Gasteiger partial charge is 0.467 e. The first-order valence-corrected chi connectivity index (χ1v) is 20.9. The van der Waals surface area contributed by atoms with Gasteiger partial charge in [0.15, 0.2) is 30.1 Å². The standard InChI is InChI=1S/C44H56N4O16/c1-42(2,3)64-39(51)45-21-27-30-35(63-43(4,5)60-30)38(57-27)59-31(29(37(50)54-8)46-40(52)56-23-26-17-13-10-14-18-26)32-33-34(62-44(6,7)61-33)36(58-32)47-20-19-28(49)48(41(47)53)24-55-22-25-15-11-9-12-16-25/h9-20,27,29-36,38H,21-24H2,1-8H3,(H,45,51)(H,46,52)/t27-,29+,30-,31?,32-,33-,34-,35-,36-,38+/m1/s1. The highest BCUT2D eigenvalue weighted by Crippen LogP contribution is 2.46. The Morgan fingerprint density at radius 2 is 1.39 bits per heavy atom. The van der Waals surface area contributed by atoms with Gasteiger partial charge in [-0.1, -0.05) is 60.7 Å². The van der Waals surface area contributed by atoms with E-state index in [4.69, 9.17) is 52.1 Å². The predicted molar refractivity (Wildman–Crippen MR) is 221 cm³/mol. The number of hydrogen-bond acceptors (Lipinski definition) is 16. The number of carbonyl (C=O) groups is 3. The lowest BCUT2D eigenvalue weighted by atomic mass is 9.99. The highest BCUT2D eigenvalue weighted by atomic mass is 16.8. The van der Waals surface area contributed by atoms with Crippen molar-refractivity contribution in [3.05, 3.63) is 105 Å². The van der Waals surface area contributed by atoms with E-state index in [-0.39, 0.29) is 26.5 Å². The van der Waals surface area contributed by atoms with Crippen molar-refractivity contribution in [1.29, 1.82) is 0 Å². The molecule has 7 rings (SSSR count). The summed E-state index contributed by atoms with van der Waals surface area (Å²) in [6.07, 6.45) is -10.7. The van der Waals surface area contributed by atoms with Crippen LogP contribution in [0.3, 0.4) is 0 Å². The molecule has 4 aliphatic rings. The number of ether oxygens (including phenoxy) is 11. The molecule has 0 spiro atoms. The first-order valence-electron chi connectivity index (χ1n) is 20.9. The Morgan fingerprint density at radius 3 is 2.03 bits per heavy atom. The number of rotatable bonds is 15. The van der Waals surface area contributed by atoms with Gasteiger partial charge in [-0.05, 0) is 59.6 Å². The number of methoxy groups -OCH3 is 1. The fourth-order valence-electron chi connectivity index (χ4n) is 7.98. The third-order valence-corrected chi connectivity index (χ3v) is 10.6. The van der Waals surface area contributed by atoms with Crippen molar-refractivity contribution in [2.24, 2.45) is 0 Å². The number of amides is 2. The second-order valence-corrected chi connectivity index (χ2v) is 17.6. The van der Waals surface area contributed by atoms with Gasteiger partial charge in [-0.2, -0.15) is 0 Å². The van der Waals surface area contributed by atoms with Crippen molar-refractivity contribution in [2.45, 2.75) is 147 Å². The van der Waals surface area contributed by atoms with Crippen molar-refractivity contribution in [2.75, 3.05) is 13.7 Å². The predicted octanol–water partition coefficient (Wildman–Crippen LogP) is 3.22. The Labute approximate surface area is 369 Å². The highest BCUT2D eigenvalue weighted by molar-refractivity contribution is 5.82. The number of alkyl carbamates (subject to hydrolysis) is 2. The lowest BCUT2D eigenvalue weighted by Gasteiger charge is -2.35. The van der Waals surface area contributed by atoms with Crippen LogP contribution in [-0.2, 0) is 76.8 Å². The number of nitrogens with zero attached hydrogens (tertiary/aromatic N) is 2. The molecule has 4 aliphatic heterocycles. The minimum Gasteiger partial charge on any atom is -0.467 e. The summed E-state index contributed by atoms with van der Waals surface area (Å²) in [6.45, 7) is 11.4. The van der Waals surface area contributed by atoms with Crippen LogP contribution < -0.4 is 21.9 Å². The van der Waals surface area contributed by atoms with Gasteiger partial charge in [0, 0.05) is 18.8 Å². The Balaban J connectivity index is 1.22. The van der Waals surface area contributed by atoms with Gasteiger partial charge in [0.2, 0.25) is 0 Å². The summed E-state index contributed by atoms with van der Waals surface area (Å²) in [5.74, 6) is -3.37. The van der Waals surface area contributed by atoms with E-state index in [0.717, 1.165) is 17.2 Å². The summed E-state index contributed by atoms with van der Waals surface area (Å²) in [7, 11) is 1.13. The highest BCUT2D eigenvalue weighted by Gasteiger charge is 2.63. The minimum absolute atomic E-state index is 0.0872. The first-order chi connectivity index (χ1) is 30.3. The SMILES string of the molecule is COC(=O)[C@@H](NC(=O)OCc1ccccc1)C(O[C@@H]1O[C@H](CNC(=O)OC(C)(C)C)[C@H]2OC(C)(C)O[C@@H]12)[C@H]1O[C@@H](n2ccc(=O)n(COCc3ccccc3)c2=O)[C@@H]2OC(C)(C)O[C@@H]21. The van der Waals surface area contributed by atoms with Crippen LogP contribution in [0.2, 0.25) is 0 Å². The van der Waals surface area contributed by atoms with Crippen molar-refractivity contribution < 1.29 is 66.5 Å². The van der Waals surface area contributed by atoms with Gasteiger partial charge in [-0.15, -0.1) is 0 Å². The van der Waals surface area contributed by atoms with Gasteiger partial charge >= 0.3 is 23.8 Å². The maximum Gasteiger partial charge on any atom is 0.408 e. The molecule has 5 heterocycles. The van der Waals surface area contributed by atoms with Crippen molar-refractivity contribution in [3.63, 3.8) is 0 Å². The maximum absolute atomic E-state index is 14.2. The van der Waals surface area contributed by atoms with Crippen molar-refractivity contribution in [3.8, 4) is 0 Å². The number of esters is 1. The average Bonchev–Trinajstić information content (AvgIpc) is 3.94. The summed E-state index contributed by atoms with van der Waals surface area (Å²) in [4.78, 5) is 67.4. The number of carbonyl (C=O) groups excluding carboxylic acids is 3. The van der Waals surface area contributed by atoms with E-state index < -0.39 is 108 Å². The number of hydrogen-bond donors (Lipinski definition) is 2. The van der Waals surface area contributed by atoms with Gasteiger partial charge in [0.25, 0.3) is 5.56 Å². The quantitative estimate of drug-likeness (QED) is 0.165. The van der Waals surface area contributed by atoms with Crippen LogP contribution in [-0.4, -0.2) is 113 Å². The molecule has 348 valence electrons. The lowest BCUT2D eigenvalue weighted by Crippen LogP contribution is -2.58. The monoisotopic (exact) mass is 896 g/mol. The normalized spacial score (nSPS) is 27.5. The number of fused-ring (bicyclic) bond motifs is 2. The number of nitrogens with one attached hydrogen (secondary N) is 2. The Morgan fingerprint density at radius 1 is 0.781 bits per heavy atom. The van der Waals surface area contributed by atoms with E-state index in [2.05, 4.69) is 10.6 Å². The minimum atomic E-state index is -1.68. The zero-order chi connectivity index (χ0) is 46.0. The molecule has 1 aromatic heterocycles. The number of aromatic nitrogens is 2. The van der Waals surface area contributed by atoms with E-state index in [9.17, 15) is 24.0 Å². The molecule has 64 heavy (non-hydrogen) atoms. The number of benzene rings is 2. The van der Waals surface area contributed by atoms with Crippen molar-refractivity contribution in [1.82, 2.24) is 19.8 Å². The molecule has 0 saturated carbocycles. The van der Waals surface area contributed by atoms with Crippen molar-refractivity contribution >= 4 is 18.2 Å². The topological polar surface area (TPSA) is 221 Å². The average molecular weight is 897 g/mol. The molecule has 10 atom stereocenters. The van der Waals surface area contributed by atoms with Crippen LogP contribution in [0.4, 0.5) is 9.59 Å².